The number of nitrogens with zero attached hydrogens (tertiary/aromatic N) is 2. The Morgan fingerprint density at radius 1 is 0.895 bits per heavy atom. The fourth-order valence-corrected chi connectivity index (χ4v) is 4.19. The Hall–Kier alpha value is -0.0800. The molecule has 1 saturated heterocycles. The molecule has 3 fully saturated rings. The monoisotopic (exact) mass is 264 g/mol. The van der Waals surface area contributed by atoms with Gasteiger partial charge in [0.1, 0.15) is 0 Å². The molecule has 110 valence electrons. The summed E-state index contributed by atoms with van der Waals surface area (Å²) in [6.07, 6.45) is 9.23. The van der Waals surface area contributed by atoms with Crippen molar-refractivity contribution in [3.63, 3.8) is 0 Å². The highest BCUT2D eigenvalue weighted by molar-refractivity contribution is 4.96. The van der Waals surface area contributed by atoms with E-state index >= 15 is 0 Å². The smallest absolute Gasteiger partial charge is 0.0110 e. The first-order valence-corrected chi connectivity index (χ1v) is 8.60. The van der Waals surface area contributed by atoms with E-state index in [1.54, 1.807) is 25.7 Å². The largest absolute Gasteiger partial charge is 0.301 e. The third-order valence-corrected chi connectivity index (χ3v) is 5.73. The van der Waals surface area contributed by atoms with Gasteiger partial charge in [-0.05, 0) is 55.8 Å². The highest BCUT2D eigenvalue weighted by atomic mass is 15.3. The lowest BCUT2D eigenvalue weighted by molar-refractivity contribution is 0.0961. The minimum Gasteiger partial charge on any atom is -0.301 e. The molecule has 3 rings (SSSR count). The Kier molecular flexibility index (Phi) is 4.19. The molecule has 2 heteroatoms. The van der Waals surface area contributed by atoms with Gasteiger partial charge in [-0.2, -0.15) is 0 Å². The average molecular weight is 264 g/mol. The van der Waals surface area contributed by atoms with Gasteiger partial charge < -0.3 is 9.80 Å². The molecule has 0 atom stereocenters. The zero-order valence-corrected chi connectivity index (χ0v) is 13.0. The molecule has 0 unspecified atom stereocenters. The van der Waals surface area contributed by atoms with Crippen LogP contribution in [0.1, 0.15) is 52.4 Å². The Morgan fingerprint density at radius 2 is 1.47 bits per heavy atom. The fraction of sp³-hybridized carbons (Fsp3) is 1.00. The summed E-state index contributed by atoms with van der Waals surface area (Å²) in [5.41, 5.74) is 0.868. The minimum atomic E-state index is 0.819. The van der Waals surface area contributed by atoms with Crippen LogP contribution < -0.4 is 0 Å². The Labute approximate surface area is 119 Å². The van der Waals surface area contributed by atoms with Crippen molar-refractivity contribution in [1.82, 2.24) is 9.80 Å². The number of hydrogen-bond donors (Lipinski definition) is 0. The second kappa shape index (κ2) is 5.73. The molecule has 0 aromatic heterocycles. The van der Waals surface area contributed by atoms with Gasteiger partial charge in [0.15, 0.2) is 0 Å². The first kappa shape index (κ1) is 13.9. The predicted molar refractivity (Wildman–Crippen MR) is 81.3 cm³/mol. The van der Waals surface area contributed by atoms with Gasteiger partial charge in [-0.1, -0.05) is 13.8 Å². The van der Waals surface area contributed by atoms with Crippen LogP contribution in [0.3, 0.4) is 0 Å². The van der Waals surface area contributed by atoms with Crippen LogP contribution in [-0.2, 0) is 0 Å². The van der Waals surface area contributed by atoms with Gasteiger partial charge in [-0.25, -0.2) is 0 Å². The molecule has 19 heavy (non-hydrogen) atoms. The van der Waals surface area contributed by atoms with Crippen LogP contribution in [0.2, 0.25) is 0 Å². The molecule has 1 aliphatic heterocycles. The minimum absolute atomic E-state index is 0.819. The van der Waals surface area contributed by atoms with E-state index in [2.05, 4.69) is 23.6 Å². The van der Waals surface area contributed by atoms with Gasteiger partial charge >= 0.3 is 0 Å². The molecule has 0 aromatic rings. The first-order valence-electron chi connectivity index (χ1n) is 8.60. The van der Waals surface area contributed by atoms with Crippen molar-refractivity contribution in [2.45, 2.75) is 52.4 Å². The quantitative estimate of drug-likeness (QED) is 0.769. The lowest BCUT2D eigenvalue weighted by Gasteiger charge is -2.38. The molecule has 0 amide bonds. The molecular weight excluding hydrogens is 232 g/mol. The molecule has 2 saturated carbocycles. The zero-order chi connectivity index (χ0) is 13.3. The van der Waals surface area contributed by atoms with E-state index in [4.69, 9.17) is 0 Å². The second-order valence-corrected chi connectivity index (χ2v) is 7.94. The van der Waals surface area contributed by atoms with Crippen LogP contribution >= 0.6 is 0 Å². The molecule has 0 N–H and O–H groups in total. The Balaban J connectivity index is 1.35. The lowest BCUT2D eigenvalue weighted by atomic mass is 9.79. The maximum absolute atomic E-state index is 2.74. The SMILES string of the molecule is CC(C)CN1CCN(CC2CCC3(CC2)CC3)CC1. The summed E-state index contributed by atoms with van der Waals surface area (Å²) >= 11 is 0. The average Bonchev–Trinajstić information content (AvgIpc) is 3.14. The van der Waals surface area contributed by atoms with E-state index < -0.39 is 0 Å². The summed E-state index contributed by atoms with van der Waals surface area (Å²) in [7, 11) is 0. The normalized spacial score (nSPS) is 29.2. The van der Waals surface area contributed by atoms with E-state index in [-0.39, 0.29) is 0 Å². The fourth-order valence-electron chi connectivity index (χ4n) is 4.19. The van der Waals surface area contributed by atoms with Gasteiger partial charge in [0.25, 0.3) is 0 Å². The Morgan fingerprint density at radius 3 is 2.00 bits per heavy atom. The van der Waals surface area contributed by atoms with Crippen molar-refractivity contribution in [3.05, 3.63) is 0 Å². The van der Waals surface area contributed by atoms with Gasteiger partial charge in [-0.15, -0.1) is 0 Å². The molecule has 3 aliphatic rings. The van der Waals surface area contributed by atoms with Crippen molar-refractivity contribution in [1.29, 1.82) is 0 Å². The van der Waals surface area contributed by atoms with Gasteiger partial charge in [0.05, 0.1) is 0 Å². The van der Waals surface area contributed by atoms with Crippen molar-refractivity contribution >= 4 is 0 Å². The molecular formula is C17H32N2. The van der Waals surface area contributed by atoms with Crippen LogP contribution in [0.4, 0.5) is 0 Å². The van der Waals surface area contributed by atoms with Crippen LogP contribution in [0.25, 0.3) is 0 Å². The van der Waals surface area contributed by atoms with Crippen molar-refractivity contribution in [2.24, 2.45) is 17.3 Å². The van der Waals surface area contributed by atoms with E-state index in [0.717, 1.165) is 17.3 Å². The van der Waals surface area contributed by atoms with Gasteiger partial charge in [0, 0.05) is 39.3 Å². The van der Waals surface area contributed by atoms with E-state index in [0.29, 0.717) is 0 Å². The van der Waals surface area contributed by atoms with Crippen molar-refractivity contribution < 1.29 is 0 Å². The third kappa shape index (κ3) is 3.72. The summed E-state index contributed by atoms with van der Waals surface area (Å²) in [5, 5.41) is 0. The molecule has 2 nitrogen and oxygen atoms in total. The van der Waals surface area contributed by atoms with Gasteiger partial charge in [-0.3, -0.25) is 0 Å². The van der Waals surface area contributed by atoms with Gasteiger partial charge in [0.2, 0.25) is 0 Å². The summed E-state index contributed by atoms with van der Waals surface area (Å²) in [5.74, 6) is 1.84. The van der Waals surface area contributed by atoms with E-state index in [1.807, 2.05) is 0 Å². The molecule has 0 radical (unpaired) electrons. The van der Waals surface area contributed by atoms with Crippen LogP contribution in [0.5, 0.6) is 0 Å². The third-order valence-electron chi connectivity index (χ3n) is 5.73. The topological polar surface area (TPSA) is 6.48 Å². The number of hydrogen-bond acceptors (Lipinski definition) is 2. The predicted octanol–water partition coefficient (Wildman–Crippen LogP) is 3.23. The summed E-state index contributed by atoms with van der Waals surface area (Å²) in [6, 6.07) is 0. The number of rotatable bonds is 4. The van der Waals surface area contributed by atoms with E-state index in [1.165, 1.54) is 52.1 Å². The van der Waals surface area contributed by atoms with Crippen LogP contribution in [0.15, 0.2) is 0 Å². The van der Waals surface area contributed by atoms with Crippen LogP contribution in [0, 0.1) is 17.3 Å². The molecule has 2 aliphatic carbocycles. The van der Waals surface area contributed by atoms with Crippen molar-refractivity contribution in [2.75, 3.05) is 39.3 Å². The first-order chi connectivity index (χ1) is 9.15. The summed E-state index contributed by atoms with van der Waals surface area (Å²) < 4.78 is 0. The molecule has 1 spiro atoms. The van der Waals surface area contributed by atoms with Crippen LogP contribution in [-0.4, -0.2) is 49.1 Å². The summed E-state index contributed by atoms with van der Waals surface area (Å²) in [4.78, 5) is 5.40. The zero-order valence-electron chi connectivity index (χ0n) is 13.0. The van der Waals surface area contributed by atoms with E-state index in [9.17, 15) is 0 Å². The lowest BCUT2D eigenvalue weighted by Crippen LogP contribution is -2.48. The molecule has 1 heterocycles. The Bertz CT molecular complexity index is 278. The molecule has 0 bridgehead atoms. The van der Waals surface area contributed by atoms with Crippen molar-refractivity contribution in [3.8, 4) is 0 Å². The number of piperazine rings is 1. The highest BCUT2D eigenvalue weighted by Crippen LogP contribution is 2.57. The highest BCUT2D eigenvalue weighted by Gasteiger charge is 2.44. The summed E-state index contributed by atoms with van der Waals surface area (Å²) in [6.45, 7) is 12.6. The second-order valence-electron chi connectivity index (χ2n) is 7.94. The maximum Gasteiger partial charge on any atom is 0.0110 e. The molecule has 0 aromatic carbocycles. The standard InChI is InChI=1S/C17H32N2/c1-15(2)13-18-9-11-19(12-10-18)14-16-3-5-17(6-4-16)7-8-17/h15-16H,3-14H2,1-2H3. The maximum atomic E-state index is 2.74.